The van der Waals surface area contributed by atoms with Gasteiger partial charge in [-0.15, -0.1) is 10.2 Å². The van der Waals surface area contributed by atoms with Crippen molar-refractivity contribution in [3.63, 3.8) is 0 Å². The average Bonchev–Trinajstić information content (AvgIpc) is 3.36. The van der Waals surface area contributed by atoms with E-state index in [-0.39, 0.29) is 5.91 Å². The van der Waals surface area contributed by atoms with Gasteiger partial charge in [-0.3, -0.25) is 18.9 Å². The fourth-order valence-electron chi connectivity index (χ4n) is 4.58. The molecule has 1 saturated heterocycles. The number of carbonyl (C=O) groups is 2. The van der Waals surface area contributed by atoms with Gasteiger partial charge in [-0.1, -0.05) is 18.1 Å². The molecule has 1 fully saturated rings. The second kappa shape index (κ2) is 11.7. The van der Waals surface area contributed by atoms with Gasteiger partial charge in [0.25, 0.3) is 5.91 Å². The Balaban J connectivity index is 1.31. The summed E-state index contributed by atoms with van der Waals surface area (Å²) in [6, 6.07) is 13.8. The number of benzene rings is 2. The minimum absolute atomic E-state index is 0.313. The van der Waals surface area contributed by atoms with Crippen LogP contribution in [0.4, 0.5) is 10.1 Å². The van der Waals surface area contributed by atoms with Crippen LogP contribution in [0.5, 0.6) is 0 Å². The van der Waals surface area contributed by atoms with E-state index in [9.17, 15) is 14.0 Å². The number of alkyl halides is 1. The largest absolute Gasteiger partial charge is 0.366 e. The number of rotatable bonds is 6. The van der Waals surface area contributed by atoms with Crippen LogP contribution in [0.2, 0.25) is 0 Å². The van der Waals surface area contributed by atoms with Crippen LogP contribution in [-0.4, -0.2) is 69.4 Å². The predicted octanol–water partition coefficient (Wildman–Crippen LogP) is 3.01. The van der Waals surface area contributed by atoms with E-state index in [1.54, 1.807) is 40.9 Å². The molecule has 0 atom stereocenters. The summed E-state index contributed by atoms with van der Waals surface area (Å²) in [7, 11) is 2.10. The molecule has 0 unspecified atom stereocenters. The first kappa shape index (κ1) is 27.0. The van der Waals surface area contributed by atoms with Gasteiger partial charge in [0.05, 0.1) is 0 Å². The summed E-state index contributed by atoms with van der Waals surface area (Å²) in [6.07, 6.45) is 1.64. The smallest absolute Gasteiger partial charge is 0.255 e. The van der Waals surface area contributed by atoms with E-state index in [1.807, 2.05) is 25.1 Å². The van der Waals surface area contributed by atoms with Crippen LogP contribution in [0.1, 0.15) is 48.8 Å². The molecule has 3 N–H and O–H groups in total. The lowest BCUT2D eigenvalue weighted by molar-refractivity contribution is 0.0997. The summed E-state index contributed by atoms with van der Waals surface area (Å²) in [5.74, 6) is 5.58. The van der Waals surface area contributed by atoms with Gasteiger partial charge in [0.1, 0.15) is 6.67 Å². The molecule has 9 nitrogen and oxygen atoms in total. The van der Waals surface area contributed by atoms with Crippen LogP contribution >= 0.6 is 0 Å². The number of anilines is 1. The minimum atomic E-state index is -0.599. The number of hydrogen-bond donors (Lipinski definition) is 2. The highest BCUT2D eigenvalue weighted by Crippen LogP contribution is 2.21. The fraction of sp³-hybridized carbons (Fsp3) is 0.267. The number of nitrogens with two attached hydrogens (primary N) is 1. The van der Waals surface area contributed by atoms with Gasteiger partial charge in [0.15, 0.2) is 5.65 Å². The van der Waals surface area contributed by atoms with Crippen molar-refractivity contribution in [2.24, 2.45) is 5.73 Å². The molecule has 0 radical (unpaired) electrons. The van der Waals surface area contributed by atoms with Gasteiger partial charge < -0.3 is 16.0 Å². The number of carbonyl (C=O) groups excluding carboxylic acids is 2. The number of halogens is 1. The molecule has 1 aliphatic rings. The molecular weight excluding hydrogens is 509 g/mol. The van der Waals surface area contributed by atoms with E-state index in [4.69, 9.17) is 5.73 Å². The summed E-state index contributed by atoms with van der Waals surface area (Å²) in [4.78, 5) is 29.1. The highest BCUT2D eigenvalue weighted by atomic mass is 19.1. The maximum absolute atomic E-state index is 13.9. The number of aromatic nitrogens is 3. The quantitative estimate of drug-likeness (QED) is 0.365. The first-order chi connectivity index (χ1) is 19.3. The number of nitrogens with one attached hydrogen (secondary N) is 1. The Labute approximate surface area is 231 Å². The summed E-state index contributed by atoms with van der Waals surface area (Å²) in [5.41, 5.74) is 10.1. The molecule has 0 saturated carbocycles. The van der Waals surface area contributed by atoms with Crippen molar-refractivity contribution in [2.75, 3.05) is 38.5 Å². The molecular formula is C30H30FN7O2. The van der Waals surface area contributed by atoms with Crippen molar-refractivity contribution in [1.29, 1.82) is 0 Å². The first-order valence-electron chi connectivity index (χ1n) is 13.0. The maximum atomic E-state index is 13.9. The highest BCUT2D eigenvalue weighted by Gasteiger charge is 2.16. The van der Waals surface area contributed by atoms with Gasteiger partial charge in [-0.25, -0.2) is 4.39 Å². The Kier molecular flexibility index (Phi) is 7.86. The van der Waals surface area contributed by atoms with Crippen molar-refractivity contribution >= 4 is 23.1 Å². The van der Waals surface area contributed by atoms with E-state index in [0.717, 1.165) is 37.3 Å². The van der Waals surface area contributed by atoms with E-state index < -0.39 is 12.6 Å². The van der Waals surface area contributed by atoms with Gasteiger partial charge in [0, 0.05) is 61.3 Å². The number of piperazine rings is 1. The Morgan fingerprint density at radius 2 is 1.77 bits per heavy atom. The molecule has 0 aliphatic carbocycles. The van der Waals surface area contributed by atoms with Crippen LogP contribution < -0.4 is 11.1 Å². The standard InChI is InChI=1S/C30H30FN7O2/c1-20-3-4-23(15-21(20)6-8-27-34-35-28-17-22(29(32)39)9-10-38(27)28)30(40)33-26-7-5-24(25(16-26)18-31)19-37-13-11-36(2)12-14-37/h3-5,7,9-10,15-17H,11-14,18-19H2,1-2H3,(H2,32,39)(H,33,40). The maximum Gasteiger partial charge on any atom is 0.255 e. The van der Waals surface area contributed by atoms with Crippen LogP contribution in [0, 0.1) is 18.8 Å². The number of aryl methyl sites for hydroxylation is 1. The number of hydrogen-bond acceptors (Lipinski definition) is 6. The second-order valence-electron chi connectivity index (χ2n) is 9.96. The lowest BCUT2D eigenvalue weighted by atomic mass is 10.0. The zero-order valence-corrected chi connectivity index (χ0v) is 22.4. The van der Waals surface area contributed by atoms with E-state index >= 15 is 0 Å². The number of nitrogens with zero attached hydrogens (tertiary/aromatic N) is 5. The van der Waals surface area contributed by atoms with Gasteiger partial charge in [-0.05, 0) is 73.0 Å². The van der Waals surface area contributed by atoms with Crippen LogP contribution in [0.15, 0.2) is 54.7 Å². The van der Waals surface area contributed by atoms with Crippen molar-refractivity contribution < 1.29 is 14.0 Å². The molecule has 3 heterocycles. The first-order valence-corrected chi connectivity index (χ1v) is 13.0. The van der Waals surface area contributed by atoms with Crippen molar-refractivity contribution in [2.45, 2.75) is 20.1 Å². The van der Waals surface area contributed by atoms with Gasteiger partial charge >= 0.3 is 0 Å². The van der Waals surface area contributed by atoms with Crippen LogP contribution in [0.3, 0.4) is 0 Å². The third kappa shape index (κ3) is 6.01. The topological polar surface area (TPSA) is 109 Å². The predicted molar refractivity (Wildman–Crippen MR) is 151 cm³/mol. The molecule has 1 aliphatic heterocycles. The molecule has 2 aromatic heterocycles. The van der Waals surface area contributed by atoms with E-state index in [2.05, 4.69) is 44.2 Å². The SMILES string of the molecule is Cc1ccc(C(=O)Nc2ccc(CN3CCN(C)CC3)c(CF)c2)cc1C#Cc1nnc2cc(C(N)=O)ccn12. The summed E-state index contributed by atoms with van der Waals surface area (Å²) in [6.45, 7) is 5.88. The highest BCUT2D eigenvalue weighted by molar-refractivity contribution is 6.04. The van der Waals surface area contributed by atoms with Crippen molar-refractivity contribution in [1.82, 2.24) is 24.4 Å². The number of likely N-dealkylation sites (N-methyl/N-ethyl adjacent to an activating group) is 1. The lowest BCUT2D eigenvalue weighted by Gasteiger charge is -2.32. The van der Waals surface area contributed by atoms with Crippen LogP contribution in [-0.2, 0) is 13.2 Å². The van der Waals surface area contributed by atoms with Gasteiger partial charge in [-0.2, -0.15) is 0 Å². The lowest BCUT2D eigenvalue weighted by Crippen LogP contribution is -2.44. The Bertz CT molecular complexity index is 1650. The third-order valence-corrected chi connectivity index (χ3v) is 7.10. The zero-order valence-electron chi connectivity index (χ0n) is 22.4. The molecule has 0 spiro atoms. The van der Waals surface area contributed by atoms with E-state index in [0.29, 0.717) is 46.0 Å². The summed E-state index contributed by atoms with van der Waals surface area (Å²) in [5, 5.41) is 11.0. The van der Waals surface area contributed by atoms with Crippen molar-refractivity contribution in [3.05, 3.63) is 93.9 Å². The monoisotopic (exact) mass is 539 g/mol. The number of fused-ring (bicyclic) bond motifs is 1. The Morgan fingerprint density at radius 1 is 0.975 bits per heavy atom. The average molecular weight is 540 g/mol. The number of amides is 2. The summed E-state index contributed by atoms with van der Waals surface area (Å²) < 4.78 is 15.6. The number of pyridine rings is 1. The Morgan fingerprint density at radius 3 is 2.52 bits per heavy atom. The summed E-state index contributed by atoms with van der Waals surface area (Å²) >= 11 is 0. The molecule has 5 rings (SSSR count). The van der Waals surface area contributed by atoms with Gasteiger partial charge in [0.2, 0.25) is 11.7 Å². The van der Waals surface area contributed by atoms with Crippen LogP contribution in [0.25, 0.3) is 5.65 Å². The molecule has 10 heteroatoms. The molecule has 40 heavy (non-hydrogen) atoms. The van der Waals surface area contributed by atoms with Crippen molar-refractivity contribution in [3.8, 4) is 11.8 Å². The minimum Gasteiger partial charge on any atom is -0.366 e. The Hall–Kier alpha value is -4.59. The molecule has 2 amide bonds. The zero-order chi connectivity index (χ0) is 28.2. The molecule has 4 aromatic rings. The number of primary amides is 1. The third-order valence-electron chi connectivity index (χ3n) is 7.10. The molecule has 204 valence electrons. The molecule has 0 bridgehead atoms. The fourth-order valence-corrected chi connectivity index (χ4v) is 4.58. The van der Waals surface area contributed by atoms with E-state index in [1.165, 1.54) is 0 Å². The second-order valence-corrected chi connectivity index (χ2v) is 9.96. The molecule has 2 aromatic carbocycles. The normalized spacial score (nSPS) is 14.1.